The Labute approximate surface area is 170 Å². The molecule has 1 saturated carbocycles. The summed E-state index contributed by atoms with van der Waals surface area (Å²) in [6.07, 6.45) is 3.78. The summed E-state index contributed by atoms with van der Waals surface area (Å²) in [5.74, 6) is 0.784. The second kappa shape index (κ2) is 7.89. The maximum absolute atomic E-state index is 13.0. The van der Waals surface area contributed by atoms with Gasteiger partial charge in [-0.05, 0) is 55.9 Å². The molecule has 0 radical (unpaired) electrons. The number of rotatable bonds is 7. The van der Waals surface area contributed by atoms with Crippen LogP contribution in [0.25, 0.3) is 0 Å². The van der Waals surface area contributed by atoms with Gasteiger partial charge in [-0.3, -0.25) is 4.79 Å². The van der Waals surface area contributed by atoms with E-state index in [9.17, 15) is 18.3 Å². The van der Waals surface area contributed by atoms with Crippen molar-refractivity contribution >= 4 is 15.9 Å². The second-order valence-corrected chi connectivity index (χ2v) is 9.55. The smallest absolute Gasteiger partial charge is 0.276 e. The highest BCUT2D eigenvalue weighted by Crippen LogP contribution is 2.41. The van der Waals surface area contributed by atoms with Crippen molar-refractivity contribution in [2.24, 2.45) is 0 Å². The molecule has 1 aliphatic heterocycles. The van der Waals surface area contributed by atoms with Gasteiger partial charge in [0.05, 0.1) is 11.0 Å². The highest BCUT2D eigenvalue weighted by molar-refractivity contribution is 7.89. The SMILES string of the molecule is C[C@@H](O)CCNS(=O)(=O)c1ccc2c(c1)CN(C(=O)c1ncoc1C1CC1)CC2. The van der Waals surface area contributed by atoms with Crippen LogP contribution in [0, 0.1) is 0 Å². The summed E-state index contributed by atoms with van der Waals surface area (Å²) < 4.78 is 33.0. The molecule has 9 heteroatoms. The van der Waals surface area contributed by atoms with E-state index < -0.39 is 16.1 Å². The fraction of sp³-hybridized carbons (Fsp3) is 0.500. The number of aromatic nitrogens is 1. The van der Waals surface area contributed by atoms with Crippen LogP contribution in [0.5, 0.6) is 0 Å². The summed E-state index contributed by atoms with van der Waals surface area (Å²) in [6.45, 7) is 2.67. The predicted molar refractivity (Wildman–Crippen MR) is 105 cm³/mol. The molecule has 8 nitrogen and oxygen atoms in total. The normalized spacial score (nSPS) is 17.8. The minimum atomic E-state index is -3.67. The number of carbonyl (C=O) groups excluding carboxylic acids is 1. The molecule has 2 aromatic rings. The Hall–Kier alpha value is -2.23. The Bertz CT molecular complexity index is 1010. The first-order chi connectivity index (χ1) is 13.8. The number of fused-ring (bicyclic) bond motifs is 1. The molecule has 1 fully saturated rings. The highest BCUT2D eigenvalue weighted by Gasteiger charge is 2.34. The third-order valence-corrected chi connectivity index (χ3v) is 6.85. The maximum atomic E-state index is 13.0. The van der Waals surface area contributed by atoms with Gasteiger partial charge in [-0.15, -0.1) is 0 Å². The lowest BCUT2D eigenvalue weighted by molar-refractivity contribution is 0.0727. The van der Waals surface area contributed by atoms with Crippen molar-refractivity contribution in [2.45, 2.75) is 56.1 Å². The zero-order valence-electron chi connectivity index (χ0n) is 16.3. The van der Waals surface area contributed by atoms with Crippen molar-refractivity contribution < 1.29 is 22.7 Å². The Kier molecular flexibility index (Phi) is 5.46. The van der Waals surface area contributed by atoms with Crippen molar-refractivity contribution in [3.8, 4) is 0 Å². The molecule has 0 unspecified atom stereocenters. The van der Waals surface area contributed by atoms with E-state index >= 15 is 0 Å². The quantitative estimate of drug-likeness (QED) is 0.708. The van der Waals surface area contributed by atoms with E-state index in [4.69, 9.17) is 4.42 Å². The van der Waals surface area contributed by atoms with E-state index in [-0.39, 0.29) is 23.3 Å². The molecular formula is C20H25N3O5S. The maximum Gasteiger partial charge on any atom is 0.276 e. The standard InChI is InChI=1S/C20H25N3O5S/c1-13(24)6-8-22-29(26,27)17-5-4-14-7-9-23(11-16(14)10-17)20(25)18-19(15-2-3-15)28-12-21-18/h4-5,10,12-13,15,22,24H,2-3,6-9,11H2,1H3/t13-/m1/s1. The topological polar surface area (TPSA) is 113 Å². The number of carbonyl (C=O) groups is 1. The average Bonchev–Trinajstić information content (AvgIpc) is 3.42. The third-order valence-electron chi connectivity index (χ3n) is 5.39. The Balaban J connectivity index is 1.50. The van der Waals surface area contributed by atoms with E-state index in [0.29, 0.717) is 37.4 Å². The molecule has 1 aliphatic carbocycles. The monoisotopic (exact) mass is 419 g/mol. The number of amides is 1. The molecule has 2 aliphatic rings. The summed E-state index contributed by atoms with van der Waals surface area (Å²) in [6, 6.07) is 5.03. The molecule has 2 N–H and O–H groups in total. The first-order valence-corrected chi connectivity index (χ1v) is 11.4. The highest BCUT2D eigenvalue weighted by atomic mass is 32.2. The fourth-order valence-corrected chi connectivity index (χ4v) is 4.66. The van der Waals surface area contributed by atoms with Crippen LogP contribution in [0.1, 0.15) is 59.5 Å². The number of aliphatic hydroxyl groups is 1. The number of aliphatic hydroxyl groups excluding tert-OH is 1. The van der Waals surface area contributed by atoms with E-state index in [2.05, 4.69) is 9.71 Å². The molecule has 156 valence electrons. The Morgan fingerprint density at radius 2 is 2.17 bits per heavy atom. The van der Waals surface area contributed by atoms with Gasteiger partial charge in [0.2, 0.25) is 10.0 Å². The number of sulfonamides is 1. The van der Waals surface area contributed by atoms with E-state index in [1.165, 1.54) is 6.39 Å². The molecule has 1 atom stereocenters. The molecule has 29 heavy (non-hydrogen) atoms. The molecule has 1 aromatic carbocycles. The van der Waals surface area contributed by atoms with Crippen LogP contribution in [0.15, 0.2) is 33.9 Å². The molecule has 2 heterocycles. The lowest BCUT2D eigenvalue weighted by atomic mass is 9.99. The summed E-state index contributed by atoms with van der Waals surface area (Å²) in [4.78, 5) is 18.9. The predicted octanol–water partition coefficient (Wildman–Crippen LogP) is 1.80. The lowest BCUT2D eigenvalue weighted by Gasteiger charge is -2.29. The van der Waals surface area contributed by atoms with Crippen molar-refractivity contribution in [3.05, 3.63) is 47.2 Å². The summed E-state index contributed by atoms with van der Waals surface area (Å²) in [5, 5.41) is 9.31. The van der Waals surface area contributed by atoms with Gasteiger partial charge in [0.1, 0.15) is 5.76 Å². The molecule has 0 saturated heterocycles. The zero-order chi connectivity index (χ0) is 20.6. The molecule has 1 aromatic heterocycles. The Morgan fingerprint density at radius 1 is 1.38 bits per heavy atom. The molecular weight excluding hydrogens is 394 g/mol. The number of nitrogens with zero attached hydrogens (tertiary/aromatic N) is 2. The fourth-order valence-electron chi connectivity index (χ4n) is 3.56. The minimum absolute atomic E-state index is 0.163. The van der Waals surface area contributed by atoms with Gasteiger partial charge in [-0.25, -0.2) is 18.1 Å². The van der Waals surface area contributed by atoms with Gasteiger partial charge in [0, 0.05) is 25.6 Å². The first-order valence-electron chi connectivity index (χ1n) is 9.87. The van der Waals surface area contributed by atoms with E-state index in [1.54, 1.807) is 24.0 Å². The van der Waals surface area contributed by atoms with Crippen LogP contribution in [0.4, 0.5) is 0 Å². The van der Waals surface area contributed by atoms with Crippen molar-refractivity contribution in [3.63, 3.8) is 0 Å². The van der Waals surface area contributed by atoms with Crippen molar-refractivity contribution in [2.75, 3.05) is 13.1 Å². The van der Waals surface area contributed by atoms with Crippen LogP contribution < -0.4 is 4.72 Å². The van der Waals surface area contributed by atoms with Crippen LogP contribution >= 0.6 is 0 Å². The number of benzene rings is 1. The summed E-state index contributed by atoms with van der Waals surface area (Å²) in [7, 11) is -3.67. The van der Waals surface area contributed by atoms with Gasteiger partial charge >= 0.3 is 0 Å². The first kappa shape index (κ1) is 20.1. The van der Waals surface area contributed by atoms with Crippen LogP contribution in [0.3, 0.4) is 0 Å². The molecule has 0 bridgehead atoms. The molecule has 0 spiro atoms. The van der Waals surface area contributed by atoms with Gasteiger partial charge in [0.25, 0.3) is 5.91 Å². The summed E-state index contributed by atoms with van der Waals surface area (Å²) >= 11 is 0. The van der Waals surface area contributed by atoms with Crippen LogP contribution in [-0.4, -0.2) is 48.5 Å². The molecule has 1 amide bonds. The third kappa shape index (κ3) is 4.36. The van der Waals surface area contributed by atoms with Crippen molar-refractivity contribution in [1.29, 1.82) is 0 Å². The van der Waals surface area contributed by atoms with Crippen LogP contribution in [-0.2, 0) is 23.0 Å². The summed E-state index contributed by atoms with van der Waals surface area (Å²) in [5.41, 5.74) is 2.23. The number of hydrogen-bond acceptors (Lipinski definition) is 6. The number of nitrogens with one attached hydrogen (secondary N) is 1. The number of hydrogen-bond donors (Lipinski definition) is 2. The second-order valence-electron chi connectivity index (χ2n) is 7.78. The lowest BCUT2D eigenvalue weighted by Crippen LogP contribution is -2.36. The Morgan fingerprint density at radius 3 is 2.90 bits per heavy atom. The number of oxazole rings is 1. The van der Waals surface area contributed by atoms with E-state index in [0.717, 1.165) is 24.0 Å². The van der Waals surface area contributed by atoms with Gasteiger partial charge in [-0.1, -0.05) is 6.07 Å². The van der Waals surface area contributed by atoms with Gasteiger partial charge in [0.15, 0.2) is 12.1 Å². The van der Waals surface area contributed by atoms with Gasteiger partial charge in [-0.2, -0.15) is 0 Å². The van der Waals surface area contributed by atoms with E-state index in [1.807, 2.05) is 6.07 Å². The van der Waals surface area contributed by atoms with Crippen LogP contribution in [0.2, 0.25) is 0 Å². The van der Waals surface area contributed by atoms with Crippen molar-refractivity contribution in [1.82, 2.24) is 14.6 Å². The largest absolute Gasteiger partial charge is 0.447 e. The zero-order valence-corrected chi connectivity index (χ0v) is 17.1. The van der Waals surface area contributed by atoms with Gasteiger partial charge < -0.3 is 14.4 Å². The average molecular weight is 420 g/mol. The molecule has 4 rings (SSSR count). The minimum Gasteiger partial charge on any atom is -0.447 e.